The van der Waals surface area contributed by atoms with Gasteiger partial charge >= 0.3 is 0 Å². The van der Waals surface area contributed by atoms with Gasteiger partial charge < -0.3 is 5.32 Å². The largest absolute Gasteiger partial charge is 0.300 e. The SMILES string of the molecule is Cc1ccc(C)c(N=C2NC(=O)C(=Cc3ccc(Br)cc3)S2)c1. The number of nitrogens with one attached hydrogen (secondary N) is 1. The Kier molecular flexibility index (Phi) is 4.68. The molecular weight excluding hydrogens is 372 g/mol. The molecule has 0 aliphatic carbocycles. The third kappa shape index (κ3) is 3.92. The predicted octanol–water partition coefficient (Wildman–Crippen LogP) is 4.96. The minimum Gasteiger partial charge on any atom is -0.300 e. The first-order valence-electron chi connectivity index (χ1n) is 7.14. The Bertz CT molecular complexity index is 825. The van der Waals surface area contributed by atoms with Crippen LogP contribution in [0.4, 0.5) is 5.69 Å². The summed E-state index contributed by atoms with van der Waals surface area (Å²) < 4.78 is 1.01. The fourth-order valence-corrected chi connectivity index (χ4v) is 3.24. The molecule has 5 heteroatoms. The van der Waals surface area contributed by atoms with E-state index >= 15 is 0 Å². The summed E-state index contributed by atoms with van der Waals surface area (Å²) in [7, 11) is 0. The Morgan fingerprint density at radius 1 is 1.13 bits per heavy atom. The van der Waals surface area contributed by atoms with Crippen LogP contribution < -0.4 is 5.32 Å². The smallest absolute Gasteiger partial charge is 0.264 e. The van der Waals surface area contributed by atoms with Crippen LogP contribution in [0.3, 0.4) is 0 Å². The summed E-state index contributed by atoms with van der Waals surface area (Å²) in [6, 6.07) is 13.9. The highest BCUT2D eigenvalue weighted by atomic mass is 79.9. The summed E-state index contributed by atoms with van der Waals surface area (Å²) in [5.41, 5.74) is 4.11. The summed E-state index contributed by atoms with van der Waals surface area (Å²) >= 11 is 4.77. The third-order valence-electron chi connectivity index (χ3n) is 3.41. The van der Waals surface area contributed by atoms with E-state index in [2.05, 4.69) is 32.3 Å². The molecule has 0 aromatic heterocycles. The molecule has 0 bridgehead atoms. The van der Waals surface area contributed by atoms with Crippen molar-refractivity contribution in [2.24, 2.45) is 4.99 Å². The average molecular weight is 387 g/mol. The van der Waals surface area contributed by atoms with Crippen LogP contribution in [0.2, 0.25) is 0 Å². The van der Waals surface area contributed by atoms with Gasteiger partial charge in [-0.3, -0.25) is 4.79 Å². The van der Waals surface area contributed by atoms with E-state index in [0.717, 1.165) is 26.9 Å². The molecule has 1 amide bonds. The quantitative estimate of drug-likeness (QED) is 0.741. The van der Waals surface area contributed by atoms with Crippen LogP contribution in [0.1, 0.15) is 16.7 Å². The molecule has 3 rings (SSSR count). The highest BCUT2D eigenvalue weighted by Crippen LogP contribution is 2.29. The summed E-state index contributed by atoms with van der Waals surface area (Å²) in [5, 5.41) is 3.44. The van der Waals surface area contributed by atoms with E-state index in [1.54, 1.807) is 0 Å². The summed E-state index contributed by atoms with van der Waals surface area (Å²) in [6.45, 7) is 4.04. The molecule has 0 spiro atoms. The Hall–Kier alpha value is -1.85. The lowest BCUT2D eigenvalue weighted by atomic mass is 10.1. The summed E-state index contributed by atoms with van der Waals surface area (Å²) in [4.78, 5) is 17.3. The molecule has 0 saturated carbocycles. The molecule has 3 nitrogen and oxygen atoms in total. The van der Waals surface area contributed by atoms with Crippen LogP contribution in [0, 0.1) is 13.8 Å². The molecule has 1 saturated heterocycles. The second-order valence-electron chi connectivity index (χ2n) is 5.32. The molecule has 23 heavy (non-hydrogen) atoms. The maximum absolute atomic E-state index is 12.1. The van der Waals surface area contributed by atoms with Crippen molar-refractivity contribution >= 4 is 50.5 Å². The number of thioether (sulfide) groups is 1. The number of amides is 1. The minimum absolute atomic E-state index is 0.109. The first-order valence-corrected chi connectivity index (χ1v) is 8.74. The molecular formula is C18H15BrN2OS. The van der Waals surface area contributed by atoms with Gasteiger partial charge in [-0.1, -0.05) is 40.2 Å². The van der Waals surface area contributed by atoms with Gasteiger partial charge in [-0.25, -0.2) is 4.99 Å². The zero-order valence-corrected chi connectivity index (χ0v) is 15.2. The van der Waals surface area contributed by atoms with E-state index in [9.17, 15) is 4.79 Å². The van der Waals surface area contributed by atoms with Crippen molar-refractivity contribution < 1.29 is 4.79 Å². The molecule has 1 heterocycles. The standard InChI is InChI=1S/C18H15BrN2OS/c1-11-3-4-12(2)15(9-11)20-18-21-17(22)16(23-18)10-13-5-7-14(19)8-6-13/h3-10H,1-2H3,(H,20,21,22). The zero-order chi connectivity index (χ0) is 16.4. The molecule has 0 radical (unpaired) electrons. The van der Waals surface area contributed by atoms with Crippen molar-refractivity contribution in [2.45, 2.75) is 13.8 Å². The third-order valence-corrected chi connectivity index (χ3v) is 4.84. The van der Waals surface area contributed by atoms with Gasteiger partial charge in [0, 0.05) is 4.47 Å². The number of benzene rings is 2. The number of carbonyl (C=O) groups excluding carboxylic acids is 1. The summed E-state index contributed by atoms with van der Waals surface area (Å²) in [6.07, 6.45) is 1.87. The van der Waals surface area contributed by atoms with Crippen LogP contribution in [-0.2, 0) is 4.79 Å². The molecule has 2 aromatic carbocycles. The molecule has 2 aromatic rings. The fraction of sp³-hybridized carbons (Fsp3) is 0.111. The van der Waals surface area contributed by atoms with Gasteiger partial charge in [-0.15, -0.1) is 0 Å². The second-order valence-corrected chi connectivity index (χ2v) is 7.27. The molecule has 1 aliphatic heterocycles. The molecule has 1 fully saturated rings. The van der Waals surface area contributed by atoms with Gasteiger partial charge in [0.05, 0.1) is 10.6 Å². The number of aryl methyl sites for hydroxylation is 2. The maximum Gasteiger partial charge on any atom is 0.264 e. The Morgan fingerprint density at radius 2 is 1.87 bits per heavy atom. The van der Waals surface area contributed by atoms with Crippen molar-refractivity contribution in [1.82, 2.24) is 5.32 Å². The van der Waals surface area contributed by atoms with E-state index in [4.69, 9.17) is 0 Å². The lowest BCUT2D eigenvalue weighted by molar-refractivity contribution is -0.115. The number of rotatable bonds is 2. The zero-order valence-electron chi connectivity index (χ0n) is 12.8. The Balaban J connectivity index is 1.86. The van der Waals surface area contributed by atoms with Crippen LogP contribution in [0.15, 0.2) is 56.8 Å². The number of hydrogen-bond acceptors (Lipinski definition) is 3. The van der Waals surface area contributed by atoms with Crippen molar-refractivity contribution in [1.29, 1.82) is 0 Å². The van der Waals surface area contributed by atoms with Crippen LogP contribution in [-0.4, -0.2) is 11.1 Å². The van der Waals surface area contributed by atoms with E-state index in [1.807, 2.05) is 56.3 Å². The van der Waals surface area contributed by atoms with E-state index in [0.29, 0.717) is 10.1 Å². The van der Waals surface area contributed by atoms with Crippen LogP contribution in [0.25, 0.3) is 6.08 Å². The number of carbonyl (C=O) groups is 1. The fourth-order valence-electron chi connectivity index (χ4n) is 2.14. The highest BCUT2D eigenvalue weighted by Gasteiger charge is 2.23. The lowest BCUT2D eigenvalue weighted by Crippen LogP contribution is -2.19. The number of aliphatic imine (C=N–C) groups is 1. The van der Waals surface area contributed by atoms with Crippen molar-refractivity contribution in [3.05, 3.63) is 68.5 Å². The van der Waals surface area contributed by atoms with Gasteiger partial charge in [0.25, 0.3) is 5.91 Å². The van der Waals surface area contributed by atoms with Crippen LogP contribution >= 0.6 is 27.7 Å². The van der Waals surface area contributed by atoms with E-state index in [1.165, 1.54) is 11.8 Å². The van der Waals surface area contributed by atoms with E-state index in [-0.39, 0.29) is 5.91 Å². The maximum atomic E-state index is 12.1. The molecule has 1 N–H and O–H groups in total. The minimum atomic E-state index is -0.109. The van der Waals surface area contributed by atoms with E-state index < -0.39 is 0 Å². The predicted molar refractivity (Wildman–Crippen MR) is 101 cm³/mol. The molecule has 0 unspecified atom stereocenters. The monoisotopic (exact) mass is 386 g/mol. The summed E-state index contributed by atoms with van der Waals surface area (Å²) in [5.74, 6) is -0.109. The van der Waals surface area contributed by atoms with Gasteiger partial charge in [-0.05, 0) is 66.6 Å². The van der Waals surface area contributed by atoms with Gasteiger partial charge in [0.1, 0.15) is 0 Å². The highest BCUT2D eigenvalue weighted by molar-refractivity contribution is 9.10. The Labute approximate surface area is 148 Å². The van der Waals surface area contributed by atoms with Gasteiger partial charge in [0.15, 0.2) is 5.17 Å². The topological polar surface area (TPSA) is 41.5 Å². The van der Waals surface area contributed by atoms with Gasteiger partial charge in [0.2, 0.25) is 0 Å². The van der Waals surface area contributed by atoms with Crippen molar-refractivity contribution in [3.63, 3.8) is 0 Å². The number of amidine groups is 1. The normalized spacial score (nSPS) is 17.8. The molecule has 0 atom stereocenters. The lowest BCUT2D eigenvalue weighted by Gasteiger charge is -2.02. The average Bonchev–Trinajstić information content (AvgIpc) is 2.85. The Morgan fingerprint density at radius 3 is 2.61 bits per heavy atom. The second kappa shape index (κ2) is 6.72. The number of halogens is 1. The van der Waals surface area contributed by atoms with Crippen molar-refractivity contribution in [3.8, 4) is 0 Å². The molecule has 116 valence electrons. The van der Waals surface area contributed by atoms with Crippen LogP contribution in [0.5, 0.6) is 0 Å². The first kappa shape index (κ1) is 16.0. The number of hydrogen-bond donors (Lipinski definition) is 1. The van der Waals surface area contributed by atoms with Gasteiger partial charge in [-0.2, -0.15) is 0 Å². The number of nitrogens with zero attached hydrogens (tertiary/aromatic N) is 1. The molecule has 1 aliphatic rings. The van der Waals surface area contributed by atoms with Crippen molar-refractivity contribution in [2.75, 3.05) is 0 Å². The first-order chi connectivity index (χ1) is 11.0.